The van der Waals surface area contributed by atoms with Crippen molar-refractivity contribution in [2.24, 2.45) is 0 Å². The zero-order valence-corrected chi connectivity index (χ0v) is 15.1. The molecule has 0 spiro atoms. The maximum atomic E-state index is 12.3. The number of imidazole rings is 1. The molecule has 1 aromatic heterocycles. The lowest BCUT2D eigenvalue weighted by atomic mass is 10.2. The van der Waals surface area contributed by atoms with Crippen molar-refractivity contribution >= 4 is 17.7 Å². The molecule has 0 radical (unpaired) electrons. The van der Waals surface area contributed by atoms with E-state index in [4.69, 9.17) is 0 Å². The van der Waals surface area contributed by atoms with Gasteiger partial charge in [-0.15, -0.1) is 0 Å². The second-order valence-corrected chi connectivity index (χ2v) is 6.90. The molecule has 0 aliphatic carbocycles. The number of aryl methyl sites for hydroxylation is 1. The van der Waals surface area contributed by atoms with Gasteiger partial charge in [0.25, 0.3) is 5.91 Å². The number of alkyl halides is 3. The van der Waals surface area contributed by atoms with Crippen molar-refractivity contribution in [3.05, 3.63) is 77.9 Å². The number of benzene rings is 2. The van der Waals surface area contributed by atoms with Crippen LogP contribution in [0.3, 0.4) is 0 Å². The van der Waals surface area contributed by atoms with Gasteiger partial charge >= 0.3 is 5.51 Å². The topological polar surface area (TPSA) is 46.9 Å². The SMILES string of the molecule is Cc1nccn1-c1ccc(CNC(=O)c2ccc(SC(F)(F)F)cc2)cc1. The van der Waals surface area contributed by atoms with Crippen LogP contribution in [-0.2, 0) is 6.54 Å². The molecule has 3 aromatic rings. The number of halogens is 3. The van der Waals surface area contributed by atoms with Crippen LogP contribution in [0.25, 0.3) is 5.69 Å². The molecular formula is C19H16F3N3OS. The molecule has 1 heterocycles. The summed E-state index contributed by atoms with van der Waals surface area (Å²) >= 11 is -0.206. The number of rotatable bonds is 5. The lowest BCUT2D eigenvalue weighted by Crippen LogP contribution is -2.22. The normalized spacial score (nSPS) is 11.4. The standard InChI is InChI=1S/C19H16F3N3OS/c1-13-23-10-11-25(13)16-6-2-14(3-7-16)12-24-18(26)15-4-8-17(9-5-15)27-19(20,21)22/h2-11H,12H2,1H3,(H,24,26). The third-order valence-electron chi connectivity index (χ3n) is 3.84. The maximum absolute atomic E-state index is 12.3. The fourth-order valence-corrected chi connectivity index (χ4v) is 3.06. The summed E-state index contributed by atoms with van der Waals surface area (Å²) in [7, 11) is 0. The molecule has 0 unspecified atom stereocenters. The van der Waals surface area contributed by atoms with Crippen molar-refractivity contribution in [3.8, 4) is 5.69 Å². The van der Waals surface area contributed by atoms with Gasteiger partial charge in [-0.2, -0.15) is 13.2 Å². The summed E-state index contributed by atoms with van der Waals surface area (Å²) in [6, 6.07) is 13.0. The predicted octanol–water partition coefficient (Wildman–Crippen LogP) is 4.72. The Morgan fingerprint density at radius 2 is 1.78 bits per heavy atom. The minimum absolute atomic E-state index is 0.0458. The fourth-order valence-electron chi connectivity index (χ4n) is 2.52. The Kier molecular flexibility index (Phi) is 5.55. The van der Waals surface area contributed by atoms with E-state index in [0.717, 1.165) is 17.1 Å². The van der Waals surface area contributed by atoms with Crippen LogP contribution < -0.4 is 5.32 Å². The first-order valence-electron chi connectivity index (χ1n) is 8.05. The molecule has 4 nitrogen and oxygen atoms in total. The van der Waals surface area contributed by atoms with Gasteiger partial charge in [0.05, 0.1) is 0 Å². The number of hydrogen-bond acceptors (Lipinski definition) is 3. The monoisotopic (exact) mass is 391 g/mol. The average molecular weight is 391 g/mol. The first-order chi connectivity index (χ1) is 12.8. The highest BCUT2D eigenvalue weighted by molar-refractivity contribution is 8.00. The highest BCUT2D eigenvalue weighted by Crippen LogP contribution is 2.36. The molecule has 0 aliphatic rings. The molecule has 2 aromatic carbocycles. The molecular weight excluding hydrogens is 375 g/mol. The number of carbonyl (C=O) groups excluding carboxylic acids is 1. The molecule has 0 fully saturated rings. The highest BCUT2D eigenvalue weighted by Gasteiger charge is 2.29. The quantitative estimate of drug-likeness (QED) is 0.640. The van der Waals surface area contributed by atoms with E-state index in [1.807, 2.05) is 42.0 Å². The van der Waals surface area contributed by atoms with Crippen molar-refractivity contribution in [1.29, 1.82) is 0 Å². The first kappa shape index (κ1) is 19.0. The molecule has 0 saturated heterocycles. The van der Waals surface area contributed by atoms with Gasteiger partial charge in [0.2, 0.25) is 0 Å². The van der Waals surface area contributed by atoms with E-state index in [2.05, 4.69) is 10.3 Å². The fraction of sp³-hybridized carbons (Fsp3) is 0.158. The van der Waals surface area contributed by atoms with E-state index in [1.54, 1.807) is 6.20 Å². The Hall–Kier alpha value is -2.74. The number of nitrogens with one attached hydrogen (secondary N) is 1. The summed E-state index contributed by atoms with van der Waals surface area (Å²) in [5.41, 5.74) is -2.15. The first-order valence-corrected chi connectivity index (χ1v) is 8.87. The zero-order valence-electron chi connectivity index (χ0n) is 14.3. The van der Waals surface area contributed by atoms with Crippen LogP contribution in [0.2, 0.25) is 0 Å². The Bertz CT molecular complexity index is 919. The number of hydrogen-bond donors (Lipinski definition) is 1. The van der Waals surface area contributed by atoms with Crippen molar-refractivity contribution < 1.29 is 18.0 Å². The van der Waals surface area contributed by atoms with Crippen LogP contribution in [0.5, 0.6) is 0 Å². The van der Waals surface area contributed by atoms with Crippen molar-refractivity contribution in [2.75, 3.05) is 0 Å². The summed E-state index contributed by atoms with van der Waals surface area (Å²) in [4.78, 5) is 16.4. The van der Waals surface area contributed by atoms with E-state index >= 15 is 0 Å². The van der Waals surface area contributed by atoms with Gasteiger partial charge in [0.1, 0.15) is 5.82 Å². The van der Waals surface area contributed by atoms with Gasteiger partial charge in [0.15, 0.2) is 0 Å². The van der Waals surface area contributed by atoms with E-state index in [1.165, 1.54) is 24.3 Å². The van der Waals surface area contributed by atoms with E-state index in [0.29, 0.717) is 12.1 Å². The third-order valence-corrected chi connectivity index (χ3v) is 4.58. The van der Waals surface area contributed by atoms with Crippen molar-refractivity contribution in [3.63, 3.8) is 0 Å². The summed E-state index contributed by atoms with van der Waals surface area (Å²) in [5.74, 6) is 0.538. The summed E-state index contributed by atoms with van der Waals surface area (Å²) in [6.45, 7) is 2.23. The third kappa shape index (κ3) is 5.13. The second-order valence-electron chi connectivity index (χ2n) is 5.77. The smallest absolute Gasteiger partial charge is 0.348 e. The van der Waals surface area contributed by atoms with Gasteiger partial charge in [-0.25, -0.2) is 4.98 Å². The van der Waals surface area contributed by atoms with Crippen LogP contribution in [0.4, 0.5) is 13.2 Å². The molecule has 0 aliphatic heterocycles. The second kappa shape index (κ2) is 7.87. The number of nitrogens with zero attached hydrogens (tertiary/aromatic N) is 2. The number of amides is 1. The molecule has 1 N–H and O–H groups in total. The largest absolute Gasteiger partial charge is 0.446 e. The molecule has 27 heavy (non-hydrogen) atoms. The van der Waals surface area contributed by atoms with Gasteiger partial charge in [-0.3, -0.25) is 4.79 Å². The Balaban J connectivity index is 1.58. The molecule has 0 atom stereocenters. The van der Waals surface area contributed by atoms with Crippen LogP contribution in [0.1, 0.15) is 21.7 Å². The Morgan fingerprint density at radius 1 is 1.11 bits per heavy atom. The van der Waals surface area contributed by atoms with E-state index < -0.39 is 5.51 Å². The van der Waals surface area contributed by atoms with Gasteiger partial charge < -0.3 is 9.88 Å². The minimum atomic E-state index is -4.34. The van der Waals surface area contributed by atoms with E-state index in [-0.39, 0.29) is 22.6 Å². The number of carbonyl (C=O) groups is 1. The lowest BCUT2D eigenvalue weighted by molar-refractivity contribution is -0.0328. The van der Waals surface area contributed by atoms with Crippen LogP contribution in [0.15, 0.2) is 65.8 Å². The average Bonchev–Trinajstić information content (AvgIpc) is 3.05. The Labute approximate surface area is 158 Å². The van der Waals surface area contributed by atoms with Gasteiger partial charge in [-0.05, 0) is 60.6 Å². The van der Waals surface area contributed by atoms with Gasteiger partial charge in [0, 0.05) is 35.1 Å². The summed E-state index contributed by atoms with van der Waals surface area (Å²) in [6.07, 6.45) is 3.59. The van der Waals surface area contributed by atoms with Crippen molar-refractivity contribution in [1.82, 2.24) is 14.9 Å². The molecule has 140 valence electrons. The minimum Gasteiger partial charge on any atom is -0.348 e. The molecule has 8 heteroatoms. The highest BCUT2D eigenvalue weighted by atomic mass is 32.2. The molecule has 0 saturated carbocycles. The van der Waals surface area contributed by atoms with Crippen LogP contribution >= 0.6 is 11.8 Å². The van der Waals surface area contributed by atoms with E-state index in [9.17, 15) is 18.0 Å². The van der Waals surface area contributed by atoms with Gasteiger partial charge in [-0.1, -0.05) is 12.1 Å². The van der Waals surface area contributed by atoms with Crippen molar-refractivity contribution in [2.45, 2.75) is 23.9 Å². The van der Waals surface area contributed by atoms with Crippen LogP contribution in [0, 0.1) is 6.92 Å². The Morgan fingerprint density at radius 3 is 2.33 bits per heavy atom. The van der Waals surface area contributed by atoms with Crippen LogP contribution in [-0.4, -0.2) is 21.0 Å². The number of thioether (sulfide) groups is 1. The summed E-state index contributed by atoms with van der Waals surface area (Å²) in [5, 5.41) is 2.76. The number of aromatic nitrogens is 2. The molecule has 3 rings (SSSR count). The lowest BCUT2D eigenvalue weighted by Gasteiger charge is -2.09. The maximum Gasteiger partial charge on any atom is 0.446 e. The molecule has 0 bridgehead atoms. The summed E-state index contributed by atoms with van der Waals surface area (Å²) < 4.78 is 38.9. The predicted molar refractivity (Wildman–Crippen MR) is 97.8 cm³/mol. The zero-order chi connectivity index (χ0) is 19.4. The molecule has 1 amide bonds.